The van der Waals surface area contributed by atoms with E-state index < -0.39 is 5.54 Å². The second-order valence-electron chi connectivity index (χ2n) is 5.75. The van der Waals surface area contributed by atoms with E-state index in [2.05, 4.69) is 11.4 Å². The van der Waals surface area contributed by atoms with Gasteiger partial charge in [-0.3, -0.25) is 4.79 Å². The van der Waals surface area contributed by atoms with Crippen molar-refractivity contribution in [1.82, 2.24) is 5.32 Å². The first-order valence-electron chi connectivity index (χ1n) is 7.49. The second-order valence-corrected chi connectivity index (χ2v) is 5.75. The molecule has 4 nitrogen and oxygen atoms in total. The number of methoxy groups -OCH3 is 1. The molecule has 1 aromatic carbocycles. The molecular formula is C17H22N2O2. The van der Waals surface area contributed by atoms with Crippen molar-refractivity contribution in [3.05, 3.63) is 29.3 Å². The third-order valence-electron chi connectivity index (χ3n) is 4.19. The number of nitrogens with zero attached hydrogens (tertiary/aromatic N) is 1. The molecule has 0 heterocycles. The van der Waals surface area contributed by atoms with E-state index in [0.29, 0.717) is 11.3 Å². The Kier molecular flexibility index (Phi) is 4.85. The number of carbonyl (C=O) groups excluding carboxylic acids is 1. The molecule has 2 rings (SSSR count). The van der Waals surface area contributed by atoms with Gasteiger partial charge in [-0.15, -0.1) is 0 Å². The lowest BCUT2D eigenvalue weighted by molar-refractivity contribution is 0.0912. The van der Waals surface area contributed by atoms with E-state index in [0.717, 1.165) is 44.1 Å². The van der Waals surface area contributed by atoms with Gasteiger partial charge >= 0.3 is 0 Å². The lowest BCUT2D eigenvalue weighted by atomic mass is 9.91. The number of benzene rings is 1. The summed E-state index contributed by atoms with van der Waals surface area (Å²) in [5.74, 6) is 0.492. The monoisotopic (exact) mass is 286 g/mol. The van der Waals surface area contributed by atoms with Gasteiger partial charge in [-0.1, -0.05) is 31.7 Å². The first-order chi connectivity index (χ1) is 10.1. The SMILES string of the molecule is COc1cc(C(=O)NC2(C#N)CCCCCC2)ccc1C. The summed E-state index contributed by atoms with van der Waals surface area (Å²) in [5, 5.41) is 12.5. The molecule has 1 fully saturated rings. The molecule has 0 aliphatic heterocycles. The zero-order chi connectivity index (χ0) is 15.3. The number of hydrogen-bond donors (Lipinski definition) is 1. The maximum atomic E-state index is 12.5. The van der Waals surface area contributed by atoms with Crippen LogP contribution < -0.4 is 10.1 Å². The molecule has 1 amide bonds. The van der Waals surface area contributed by atoms with E-state index in [1.807, 2.05) is 13.0 Å². The van der Waals surface area contributed by atoms with E-state index in [4.69, 9.17) is 4.74 Å². The summed E-state index contributed by atoms with van der Waals surface area (Å²) >= 11 is 0. The highest BCUT2D eigenvalue weighted by Crippen LogP contribution is 2.27. The summed E-state index contributed by atoms with van der Waals surface area (Å²) < 4.78 is 5.25. The van der Waals surface area contributed by atoms with Gasteiger partial charge in [0.15, 0.2) is 0 Å². The van der Waals surface area contributed by atoms with Gasteiger partial charge in [0.05, 0.1) is 13.2 Å². The Morgan fingerprint density at radius 3 is 2.52 bits per heavy atom. The molecular weight excluding hydrogens is 264 g/mol. The van der Waals surface area contributed by atoms with Crippen molar-refractivity contribution in [1.29, 1.82) is 5.26 Å². The van der Waals surface area contributed by atoms with Crippen LogP contribution >= 0.6 is 0 Å². The van der Waals surface area contributed by atoms with Crippen LogP contribution in [0.2, 0.25) is 0 Å². The maximum Gasteiger partial charge on any atom is 0.252 e. The summed E-state index contributed by atoms with van der Waals surface area (Å²) in [6.45, 7) is 1.93. The minimum atomic E-state index is -0.717. The topological polar surface area (TPSA) is 62.1 Å². The van der Waals surface area contributed by atoms with Gasteiger partial charge < -0.3 is 10.1 Å². The first-order valence-corrected chi connectivity index (χ1v) is 7.49. The third kappa shape index (κ3) is 3.55. The summed E-state index contributed by atoms with van der Waals surface area (Å²) in [5.41, 5.74) is 0.806. The quantitative estimate of drug-likeness (QED) is 0.867. The molecule has 0 saturated heterocycles. The van der Waals surface area contributed by atoms with Gasteiger partial charge in [-0.2, -0.15) is 5.26 Å². The largest absolute Gasteiger partial charge is 0.496 e. The average molecular weight is 286 g/mol. The van der Waals surface area contributed by atoms with Crippen molar-refractivity contribution < 1.29 is 9.53 Å². The normalized spacial score (nSPS) is 17.4. The van der Waals surface area contributed by atoms with E-state index in [1.165, 1.54) is 0 Å². The van der Waals surface area contributed by atoms with Crippen molar-refractivity contribution >= 4 is 5.91 Å². The summed E-state index contributed by atoms with van der Waals surface area (Å²) in [7, 11) is 1.59. The van der Waals surface area contributed by atoms with Crippen LogP contribution in [0.1, 0.15) is 54.4 Å². The van der Waals surface area contributed by atoms with Crippen LogP contribution in [0, 0.1) is 18.3 Å². The molecule has 1 aliphatic rings. The van der Waals surface area contributed by atoms with Crippen LogP contribution in [-0.4, -0.2) is 18.6 Å². The molecule has 1 aliphatic carbocycles. The fourth-order valence-corrected chi connectivity index (χ4v) is 2.85. The molecule has 0 spiro atoms. The molecule has 21 heavy (non-hydrogen) atoms. The average Bonchev–Trinajstić information content (AvgIpc) is 2.73. The summed E-state index contributed by atoms with van der Waals surface area (Å²) in [4.78, 5) is 12.5. The second kappa shape index (κ2) is 6.62. The fraction of sp³-hybridized carbons (Fsp3) is 0.529. The van der Waals surface area contributed by atoms with Crippen LogP contribution in [0.15, 0.2) is 18.2 Å². The highest BCUT2D eigenvalue weighted by atomic mass is 16.5. The Hall–Kier alpha value is -2.02. The van der Waals surface area contributed by atoms with Gasteiger partial charge in [0.25, 0.3) is 5.91 Å². The minimum Gasteiger partial charge on any atom is -0.496 e. The Bertz CT molecular complexity index is 552. The van der Waals surface area contributed by atoms with Crippen LogP contribution in [0.25, 0.3) is 0 Å². The van der Waals surface area contributed by atoms with Crippen molar-refractivity contribution in [2.45, 2.75) is 51.0 Å². The van der Waals surface area contributed by atoms with E-state index in [-0.39, 0.29) is 5.91 Å². The van der Waals surface area contributed by atoms with Crippen LogP contribution in [0.5, 0.6) is 5.75 Å². The smallest absolute Gasteiger partial charge is 0.252 e. The Morgan fingerprint density at radius 1 is 1.29 bits per heavy atom. The number of amides is 1. The van der Waals surface area contributed by atoms with Crippen LogP contribution in [0.3, 0.4) is 0 Å². The Morgan fingerprint density at radius 2 is 1.95 bits per heavy atom. The lowest BCUT2D eigenvalue weighted by Crippen LogP contribution is -2.47. The molecule has 1 saturated carbocycles. The predicted molar refractivity (Wildman–Crippen MR) is 81.2 cm³/mol. The molecule has 0 atom stereocenters. The third-order valence-corrected chi connectivity index (χ3v) is 4.19. The van der Waals surface area contributed by atoms with Gasteiger partial charge in [0, 0.05) is 5.56 Å². The number of nitriles is 1. The van der Waals surface area contributed by atoms with Crippen molar-refractivity contribution in [2.24, 2.45) is 0 Å². The molecule has 0 radical (unpaired) electrons. The molecule has 0 unspecified atom stereocenters. The van der Waals surface area contributed by atoms with Crippen molar-refractivity contribution in [3.63, 3.8) is 0 Å². The molecule has 0 aromatic heterocycles. The lowest BCUT2D eigenvalue weighted by Gasteiger charge is -2.26. The highest BCUT2D eigenvalue weighted by molar-refractivity contribution is 5.95. The summed E-state index contributed by atoms with van der Waals surface area (Å²) in [6.07, 6.45) is 5.72. The number of nitrogens with one attached hydrogen (secondary N) is 1. The maximum absolute atomic E-state index is 12.5. The fourth-order valence-electron chi connectivity index (χ4n) is 2.85. The van der Waals surface area contributed by atoms with E-state index in [9.17, 15) is 10.1 Å². The predicted octanol–water partition coefficient (Wildman–Crippen LogP) is 3.35. The number of rotatable bonds is 3. The van der Waals surface area contributed by atoms with Crippen molar-refractivity contribution in [3.8, 4) is 11.8 Å². The molecule has 1 aromatic rings. The number of carbonyl (C=O) groups is 1. The molecule has 4 heteroatoms. The van der Waals surface area contributed by atoms with Gasteiger partial charge in [-0.25, -0.2) is 0 Å². The Labute approximate surface area is 126 Å². The minimum absolute atomic E-state index is 0.197. The Balaban J connectivity index is 2.18. The van der Waals surface area contributed by atoms with E-state index >= 15 is 0 Å². The van der Waals surface area contributed by atoms with E-state index in [1.54, 1.807) is 19.2 Å². The zero-order valence-electron chi connectivity index (χ0n) is 12.7. The van der Waals surface area contributed by atoms with Gasteiger partial charge in [-0.05, 0) is 37.5 Å². The number of hydrogen-bond acceptors (Lipinski definition) is 3. The van der Waals surface area contributed by atoms with Crippen LogP contribution in [0.4, 0.5) is 0 Å². The van der Waals surface area contributed by atoms with Gasteiger partial charge in [0.2, 0.25) is 0 Å². The van der Waals surface area contributed by atoms with Gasteiger partial charge in [0.1, 0.15) is 11.3 Å². The standard InChI is InChI=1S/C17H22N2O2/c1-13-7-8-14(11-15(13)21-2)16(20)19-17(12-18)9-5-3-4-6-10-17/h7-8,11H,3-6,9-10H2,1-2H3,(H,19,20). The number of ether oxygens (including phenoxy) is 1. The summed E-state index contributed by atoms with van der Waals surface area (Å²) in [6, 6.07) is 7.70. The van der Waals surface area contributed by atoms with Crippen molar-refractivity contribution in [2.75, 3.05) is 7.11 Å². The zero-order valence-corrected chi connectivity index (χ0v) is 12.7. The highest BCUT2D eigenvalue weighted by Gasteiger charge is 2.32. The first kappa shape index (κ1) is 15.4. The molecule has 112 valence electrons. The van der Waals surface area contributed by atoms with Crippen LogP contribution in [-0.2, 0) is 0 Å². The molecule has 1 N–H and O–H groups in total. The molecule has 0 bridgehead atoms. The number of aryl methyl sites for hydroxylation is 1.